The van der Waals surface area contributed by atoms with Crippen LogP contribution in [0.2, 0.25) is 0 Å². The largest absolute Gasteiger partial charge is 0.398 e. The molecule has 1 amide bonds. The van der Waals surface area contributed by atoms with Gasteiger partial charge in [-0.3, -0.25) is 4.79 Å². The van der Waals surface area contributed by atoms with Crippen molar-refractivity contribution in [2.24, 2.45) is 0 Å². The minimum Gasteiger partial charge on any atom is -0.398 e. The molecule has 20 heavy (non-hydrogen) atoms. The van der Waals surface area contributed by atoms with Gasteiger partial charge in [-0.05, 0) is 71.2 Å². The Balaban J connectivity index is 2.25. The molecule has 104 valence electrons. The van der Waals surface area contributed by atoms with Crippen LogP contribution in [0.4, 0.5) is 11.4 Å². The summed E-state index contributed by atoms with van der Waals surface area (Å²) in [5.41, 5.74) is 9.79. The maximum absolute atomic E-state index is 12.2. The molecule has 0 heterocycles. The number of carbonyl (C=O) groups excluding carboxylic acids is 1. The van der Waals surface area contributed by atoms with E-state index in [0.717, 1.165) is 25.8 Å². The van der Waals surface area contributed by atoms with E-state index in [-0.39, 0.29) is 5.91 Å². The molecule has 0 spiro atoms. The average Bonchev–Trinajstić information content (AvgIpc) is 2.39. The number of rotatable bonds is 2. The normalized spacial score (nSPS) is 10.4. The van der Waals surface area contributed by atoms with Crippen LogP contribution < -0.4 is 11.1 Å². The van der Waals surface area contributed by atoms with E-state index in [9.17, 15) is 4.79 Å². The van der Waals surface area contributed by atoms with Crippen LogP contribution in [0.15, 0.2) is 39.3 Å². The number of hydrogen-bond acceptors (Lipinski definition) is 2. The summed E-state index contributed by atoms with van der Waals surface area (Å²) in [4.78, 5) is 12.2. The summed E-state index contributed by atoms with van der Waals surface area (Å²) >= 11 is 6.82. The number of hydrogen-bond donors (Lipinski definition) is 2. The summed E-state index contributed by atoms with van der Waals surface area (Å²) in [6.45, 7) is 3.98. The number of benzene rings is 2. The number of nitrogen functional groups attached to an aromatic ring is 1. The van der Waals surface area contributed by atoms with Crippen LogP contribution in [0.5, 0.6) is 0 Å². The van der Waals surface area contributed by atoms with Crippen LogP contribution >= 0.6 is 31.9 Å². The molecule has 2 rings (SSSR count). The van der Waals surface area contributed by atoms with Crippen molar-refractivity contribution < 1.29 is 4.79 Å². The van der Waals surface area contributed by atoms with E-state index < -0.39 is 0 Å². The van der Waals surface area contributed by atoms with Crippen molar-refractivity contribution in [1.82, 2.24) is 0 Å². The summed E-state index contributed by atoms with van der Waals surface area (Å²) in [6, 6.07) is 9.00. The first-order valence-corrected chi connectivity index (χ1v) is 7.60. The number of halogens is 2. The van der Waals surface area contributed by atoms with Crippen molar-refractivity contribution in [3.63, 3.8) is 0 Å². The smallest absolute Gasteiger partial charge is 0.255 e. The second-order valence-corrected chi connectivity index (χ2v) is 6.26. The van der Waals surface area contributed by atoms with E-state index in [1.165, 1.54) is 0 Å². The molecule has 2 aromatic carbocycles. The second-order valence-electron chi connectivity index (χ2n) is 4.61. The fourth-order valence-corrected chi connectivity index (χ4v) is 2.38. The summed E-state index contributed by atoms with van der Waals surface area (Å²) in [7, 11) is 0. The van der Waals surface area contributed by atoms with E-state index in [2.05, 4.69) is 37.2 Å². The van der Waals surface area contributed by atoms with Crippen LogP contribution in [0.25, 0.3) is 0 Å². The molecule has 0 aromatic heterocycles. The zero-order valence-electron chi connectivity index (χ0n) is 11.1. The predicted molar refractivity (Wildman–Crippen MR) is 90.1 cm³/mol. The van der Waals surface area contributed by atoms with Gasteiger partial charge >= 0.3 is 0 Å². The van der Waals surface area contributed by atoms with Gasteiger partial charge in [-0.15, -0.1) is 0 Å². The molecule has 0 fully saturated rings. The lowest BCUT2D eigenvalue weighted by molar-refractivity contribution is 0.102. The third-order valence-electron chi connectivity index (χ3n) is 2.95. The molecule has 0 radical (unpaired) electrons. The molecule has 0 saturated heterocycles. The average molecular weight is 398 g/mol. The monoisotopic (exact) mass is 396 g/mol. The molecule has 0 aliphatic rings. The van der Waals surface area contributed by atoms with Gasteiger partial charge in [-0.2, -0.15) is 0 Å². The molecule has 3 N–H and O–H groups in total. The number of anilines is 2. The van der Waals surface area contributed by atoms with E-state index in [0.29, 0.717) is 11.3 Å². The van der Waals surface area contributed by atoms with E-state index in [1.54, 1.807) is 18.2 Å². The molecule has 3 nitrogen and oxygen atoms in total. The summed E-state index contributed by atoms with van der Waals surface area (Å²) in [5, 5.41) is 2.88. The molecule has 0 atom stereocenters. The molecule has 5 heteroatoms. The van der Waals surface area contributed by atoms with Crippen LogP contribution in [0.1, 0.15) is 21.5 Å². The number of carbonyl (C=O) groups is 1. The lowest BCUT2D eigenvalue weighted by Crippen LogP contribution is -2.12. The molecule has 0 aliphatic heterocycles. The molecular weight excluding hydrogens is 384 g/mol. The highest BCUT2D eigenvalue weighted by molar-refractivity contribution is 9.11. The summed E-state index contributed by atoms with van der Waals surface area (Å²) in [6.07, 6.45) is 0. The Morgan fingerprint density at radius 1 is 1.10 bits per heavy atom. The van der Waals surface area contributed by atoms with Gasteiger partial charge in [0.2, 0.25) is 0 Å². The number of nitrogens with one attached hydrogen (secondary N) is 1. The van der Waals surface area contributed by atoms with Crippen molar-refractivity contribution in [3.05, 3.63) is 56.0 Å². The Morgan fingerprint density at radius 3 is 2.25 bits per heavy atom. The quantitative estimate of drug-likeness (QED) is 0.723. The Morgan fingerprint density at radius 2 is 1.70 bits per heavy atom. The summed E-state index contributed by atoms with van der Waals surface area (Å²) < 4.78 is 1.84. The van der Waals surface area contributed by atoms with Crippen molar-refractivity contribution in [1.29, 1.82) is 0 Å². The van der Waals surface area contributed by atoms with Crippen LogP contribution in [0.3, 0.4) is 0 Å². The van der Waals surface area contributed by atoms with Crippen LogP contribution in [0, 0.1) is 13.8 Å². The minimum absolute atomic E-state index is 0.176. The van der Waals surface area contributed by atoms with Crippen molar-refractivity contribution in [2.75, 3.05) is 11.1 Å². The van der Waals surface area contributed by atoms with Crippen molar-refractivity contribution in [2.45, 2.75) is 13.8 Å². The number of amides is 1. The van der Waals surface area contributed by atoms with Crippen LogP contribution in [-0.4, -0.2) is 5.91 Å². The van der Waals surface area contributed by atoms with Gasteiger partial charge < -0.3 is 11.1 Å². The molecule has 0 saturated carbocycles. The lowest BCUT2D eigenvalue weighted by Gasteiger charge is -2.10. The first kappa shape index (κ1) is 15.1. The van der Waals surface area contributed by atoms with E-state index in [4.69, 9.17) is 5.73 Å². The highest BCUT2D eigenvalue weighted by Crippen LogP contribution is 2.26. The van der Waals surface area contributed by atoms with Gasteiger partial charge in [0.15, 0.2) is 0 Å². The molecule has 2 aromatic rings. The van der Waals surface area contributed by atoms with Gasteiger partial charge in [0.05, 0.1) is 0 Å². The molecular formula is C15H14Br2N2O. The third-order valence-corrected chi connectivity index (χ3v) is 4.93. The highest BCUT2D eigenvalue weighted by Gasteiger charge is 2.09. The van der Waals surface area contributed by atoms with Crippen molar-refractivity contribution in [3.8, 4) is 0 Å². The zero-order valence-corrected chi connectivity index (χ0v) is 14.3. The number of aryl methyl sites for hydroxylation is 2. The Hall–Kier alpha value is -1.33. The first-order chi connectivity index (χ1) is 9.38. The standard InChI is InChI=1S/C15H14Br2N2O/c1-8-5-11(6-9(2)14(8)17)19-15(20)10-3-4-12(16)13(18)7-10/h3-7H,18H2,1-2H3,(H,19,20). The van der Waals surface area contributed by atoms with Gasteiger partial charge in [-0.25, -0.2) is 0 Å². The van der Waals surface area contributed by atoms with Gasteiger partial charge in [0.25, 0.3) is 5.91 Å². The fraction of sp³-hybridized carbons (Fsp3) is 0.133. The third kappa shape index (κ3) is 3.22. The molecule has 0 unspecified atom stereocenters. The zero-order chi connectivity index (χ0) is 14.9. The number of nitrogens with two attached hydrogens (primary N) is 1. The Kier molecular flexibility index (Phi) is 4.50. The van der Waals surface area contributed by atoms with E-state index in [1.807, 2.05) is 26.0 Å². The first-order valence-electron chi connectivity index (χ1n) is 6.01. The maximum Gasteiger partial charge on any atom is 0.255 e. The summed E-state index contributed by atoms with van der Waals surface area (Å²) in [5.74, 6) is -0.176. The van der Waals surface area contributed by atoms with Crippen molar-refractivity contribution >= 4 is 49.1 Å². The molecule has 0 bridgehead atoms. The SMILES string of the molecule is Cc1cc(NC(=O)c2ccc(Br)c(N)c2)cc(C)c1Br. The van der Waals surface area contributed by atoms with Gasteiger partial charge in [0, 0.05) is 25.9 Å². The topological polar surface area (TPSA) is 55.1 Å². The minimum atomic E-state index is -0.176. The maximum atomic E-state index is 12.2. The van der Waals surface area contributed by atoms with E-state index >= 15 is 0 Å². The lowest BCUT2D eigenvalue weighted by atomic mass is 10.1. The Bertz CT molecular complexity index is 661. The highest BCUT2D eigenvalue weighted by atomic mass is 79.9. The van der Waals surface area contributed by atoms with Gasteiger partial charge in [0.1, 0.15) is 0 Å². The van der Waals surface area contributed by atoms with Gasteiger partial charge in [-0.1, -0.05) is 15.9 Å². The fourth-order valence-electron chi connectivity index (χ4n) is 1.91. The Labute approximate surface area is 134 Å². The van der Waals surface area contributed by atoms with Crippen LogP contribution in [-0.2, 0) is 0 Å². The second kappa shape index (κ2) is 5.97. The predicted octanol–water partition coefficient (Wildman–Crippen LogP) is 4.66. The molecule has 0 aliphatic carbocycles.